The second-order valence-corrected chi connectivity index (χ2v) is 4.83. The van der Waals surface area contributed by atoms with E-state index >= 15 is 0 Å². The van der Waals surface area contributed by atoms with Gasteiger partial charge in [-0.25, -0.2) is 0 Å². The minimum Gasteiger partial charge on any atom is -0.382 e. The van der Waals surface area contributed by atoms with Crippen LogP contribution in [0.2, 0.25) is 0 Å². The van der Waals surface area contributed by atoms with Crippen LogP contribution in [0.3, 0.4) is 0 Å². The van der Waals surface area contributed by atoms with Crippen molar-refractivity contribution in [3.05, 3.63) is 29.3 Å². The number of nitrogens with two attached hydrogens (primary N) is 1. The zero-order chi connectivity index (χ0) is 14.2. The summed E-state index contributed by atoms with van der Waals surface area (Å²) in [4.78, 5) is 4.23. The highest BCUT2D eigenvalue weighted by atomic mass is 16.5. The molecule has 1 aromatic rings. The first-order valence-electron chi connectivity index (χ1n) is 7.05. The molecule has 20 heavy (non-hydrogen) atoms. The zero-order valence-electron chi connectivity index (χ0n) is 12.0. The molecule has 0 aromatic heterocycles. The van der Waals surface area contributed by atoms with Gasteiger partial charge in [-0.2, -0.15) is 0 Å². The Morgan fingerprint density at radius 1 is 1.25 bits per heavy atom. The largest absolute Gasteiger partial charge is 0.382 e. The third kappa shape index (κ3) is 4.51. The van der Waals surface area contributed by atoms with Crippen molar-refractivity contribution in [3.8, 4) is 0 Å². The zero-order valence-corrected chi connectivity index (χ0v) is 12.0. The van der Waals surface area contributed by atoms with E-state index in [0.717, 1.165) is 12.1 Å². The SMILES string of the molecule is COCCOCCN=C(N)Nc1ccc2c(c1)CCC2. The number of fused-ring (bicyclic) bond motifs is 1. The van der Waals surface area contributed by atoms with E-state index in [0.29, 0.717) is 32.3 Å². The van der Waals surface area contributed by atoms with Crippen molar-refractivity contribution < 1.29 is 9.47 Å². The number of ether oxygens (including phenoxy) is 2. The molecule has 0 fully saturated rings. The van der Waals surface area contributed by atoms with Gasteiger partial charge in [0, 0.05) is 12.8 Å². The molecule has 110 valence electrons. The first kappa shape index (κ1) is 14.8. The summed E-state index contributed by atoms with van der Waals surface area (Å²) in [5, 5.41) is 3.12. The molecule has 0 spiro atoms. The maximum Gasteiger partial charge on any atom is 0.193 e. The Balaban J connectivity index is 1.74. The van der Waals surface area contributed by atoms with Crippen LogP contribution < -0.4 is 11.1 Å². The predicted molar refractivity (Wildman–Crippen MR) is 81.3 cm³/mol. The number of hydrogen-bond acceptors (Lipinski definition) is 3. The first-order valence-corrected chi connectivity index (χ1v) is 7.05. The van der Waals surface area contributed by atoms with Gasteiger partial charge >= 0.3 is 0 Å². The first-order chi connectivity index (χ1) is 9.79. The van der Waals surface area contributed by atoms with Crippen molar-refractivity contribution in [2.45, 2.75) is 19.3 Å². The van der Waals surface area contributed by atoms with Gasteiger partial charge in [0.15, 0.2) is 5.96 Å². The molecule has 5 heteroatoms. The summed E-state index contributed by atoms with van der Waals surface area (Å²) < 4.78 is 10.2. The highest BCUT2D eigenvalue weighted by Crippen LogP contribution is 2.24. The van der Waals surface area contributed by atoms with Crippen molar-refractivity contribution in [2.75, 3.05) is 38.8 Å². The molecule has 0 unspecified atom stereocenters. The fourth-order valence-electron chi connectivity index (χ4n) is 2.31. The molecule has 1 aliphatic carbocycles. The van der Waals surface area contributed by atoms with Gasteiger partial charge in [-0.15, -0.1) is 0 Å². The lowest BCUT2D eigenvalue weighted by Gasteiger charge is -2.08. The van der Waals surface area contributed by atoms with Gasteiger partial charge in [-0.1, -0.05) is 6.07 Å². The van der Waals surface area contributed by atoms with E-state index in [1.54, 1.807) is 7.11 Å². The maximum atomic E-state index is 5.85. The number of nitrogens with zero attached hydrogens (tertiary/aromatic N) is 1. The Labute approximate surface area is 120 Å². The van der Waals surface area contributed by atoms with Crippen LogP contribution in [0.4, 0.5) is 5.69 Å². The number of methoxy groups -OCH3 is 1. The van der Waals surface area contributed by atoms with Crippen molar-refractivity contribution in [2.24, 2.45) is 10.7 Å². The van der Waals surface area contributed by atoms with Crippen LogP contribution in [0.5, 0.6) is 0 Å². The molecule has 0 saturated carbocycles. The molecule has 1 aromatic carbocycles. The van der Waals surface area contributed by atoms with Crippen LogP contribution in [-0.4, -0.2) is 39.4 Å². The van der Waals surface area contributed by atoms with Crippen LogP contribution in [0.25, 0.3) is 0 Å². The van der Waals surface area contributed by atoms with E-state index in [1.807, 2.05) is 0 Å². The Bertz CT molecular complexity index is 460. The van der Waals surface area contributed by atoms with Crippen LogP contribution in [0, 0.1) is 0 Å². The number of aryl methyl sites for hydroxylation is 2. The molecule has 0 saturated heterocycles. The minimum atomic E-state index is 0.429. The van der Waals surface area contributed by atoms with Crippen molar-refractivity contribution in [1.29, 1.82) is 0 Å². The van der Waals surface area contributed by atoms with Gasteiger partial charge in [-0.05, 0) is 42.5 Å². The van der Waals surface area contributed by atoms with Gasteiger partial charge in [0.1, 0.15) is 0 Å². The highest BCUT2D eigenvalue weighted by Gasteiger charge is 2.10. The molecule has 3 N–H and O–H groups in total. The van der Waals surface area contributed by atoms with Crippen molar-refractivity contribution in [1.82, 2.24) is 0 Å². The summed E-state index contributed by atoms with van der Waals surface area (Å²) in [7, 11) is 1.65. The van der Waals surface area contributed by atoms with Crippen LogP contribution in [0.15, 0.2) is 23.2 Å². The third-order valence-corrected chi connectivity index (χ3v) is 3.32. The average Bonchev–Trinajstić information content (AvgIpc) is 2.90. The Hall–Kier alpha value is -1.59. The van der Waals surface area contributed by atoms with Crippen molar-refractivity contribution in [3.63, 3.8) is 0 Å². The number of guanidine groups is 1. The predicted octanol–water partition coefficient (Wildman–Crippen LogP) is 1.56. The van der Waals surface area contributed by atoms with Gasteiger partial charge in [0.25, 0.3) is 0 Å². The van der Waals surface area contributed by atoms with Crippen molar-refractivity contribution >= 4 is 11.6 Å². The molecule has 0 heterocycles. The number of rotatable bonds is 7. The molecular formula is C15H23N3O2. The number of nitrogens with one attached hydrogen (secondary N) is 1. The second-order valence-electron chi connectivity index (χ2n) is 4.83. The summed E-state index contributed by atoms with van der Waals surface area (Å²) in [5.74, 6) is 0.429. The van der Waals surface area contributed by atoms with E-state index in [2.05, 4.69) is 28.5 Å². The molecule has 0 amide bonds. The molecule has 5 nitrogen and oxygen atoms in total. The third-order valence-electron chi connectivity index (χ3n) is 3.32. The number of anilines is 1. The van der Waals surface area contributed by atoms with Gasteiger partial charge in [0.05, 0.1) is 26.4 Å². The Morgan fingerprint density at radius 2 is 2.10 bits per heavy atom. The Kier molecular flexibility index (Phi) is 5.83. The number of hydrogen-bond donors (Lipinski definition) is 2. The van der Waals surface area contributed by atoms with E-state index in [-0.39, 0.29) is 0 Å². The molecule has 2 rings (SSSR count). The van der Waals surface area contributed by atoms with E-state index in [4.69, 9.17) is 15.2 Å². The molecular weight excluding hydrogens is 254 g/mol. The minimum absolute atomic E-state index is 0.429. The van der Waals surface area contributed by atoms with Gasteiger partial charge in [0.2, 0.25) is 0 Å². The number of aliphatic imine (C=N–C) groups is 1. The molecule has 0 atom stereocenters. The lowest BCUT2D eigenvalue weighted by atomic mass is 10.1. The lowest BCUT2D eigenvalue weighted by molar-refractivity contribution is 0.0748. The fourth-order valence-corrected chi connectivity index (χ4v) is 2.31. The normalized spacial score (nSPS) is 14.3. The van der Waals surface area contributed by atoms with E-state index in [9.17, 15) is 0 Å². The standard InChI is InChI=1S/C15H23N3O2/c1-19-9-10-20-8-7-17-15(16)18-14-6-5-12-3-2-4-13(12)11-14/h5-6,11H,2-4,7-10H2,1H3,(H3,16,17,18). The summed E-state index contributed by atoms with van der Waals surface area (Å²) in [6.07, 6.45) is 3.61. The summed E-state index contributed by atoms with van der Waals surface area (Å²) in [5.41, 5.74) is 9.74. The smallest absolute Gasteiger partial charge is 0.193 e. The summed E-state index contributed by atoms with van der Waals surface area (Å²) >= 11 is 0. The van der Waals surface area contributed by atoms with E-state index < -0.39 is 0 Å². The van der Waals surface area contributed by atoms with Gasteiger partial charge < -0.3 is 20.5 Å². The fraction of sp³-hybridized carbons (Fsp3) is 0.533. The molecule has 0 aliphatic heterocycles. The van der Waals surface area contributed by atoms with Crippen LogP contribution in [-0.2, 0) is 22.3 Å². The second kappa shape index (κ2) is 7.87. The highest BCUT2D eigenvalue weighted by molar-refractivity contribution is 5.92. The Morgan fingerprint density at radius 3 is 2.95 bits per heavy atom. The maximum absolute atomic E-state index is 5.85. The average molecular weight is 277 g/mol. The monoisotopic (exact) mass is 277 g/mol. The molecule has 1 aliphatic rings. The lowest BCUT2D eigenvalue weighted by Crippen LogP contribution is -2.23. The molecule has 0 radical (unpaired) electrons. The van der Waals surface area contributed by atoms with Crippen LogP contribution in [0.1, 0.15) is 17.5 Å². The summed E-state index contributed by atoms with van der Waals surface area (Å²) in [6, 6.07) is 6.40. The van der Waals surface area contributed by atoms with Gasteiger partial charge in [-0.3, -0.25) is 4.99 Å². The van der Waals surface area contributed by atoms with Crippen LogP contribution >= 0.6 is 0 Å². The topological polar surface area (TPSA) is 68.9 Å². The molecule has 0 bridgehead atoms. The number of benzene rings is 1. The summed E-state index contributed by atoms with van der Waals surface area (Å²) in [6.45, 7) is 2.29. The quantitative estimate of drug-likeness (QED) is 0.451. The van der Waals surface area contributed by atoms with E-state index in [1.165, 1.54) is 24.0 Å².